The average molecular weight is 293 g/mol. The summed E-state index contributed by atoms with van der Waals surface area (Å²) in [5, 5.41) is 5.01. The molecule has 7 heteroatoms. The van der Waals surface area contributed by atoms with E-state index in [2.05, 4.69) is 10.6 Å². The van der Waals surface area contributed by atoms with Gasteiger partial charge in [-0.3, -0.25) is 10.1 Å². The van der Waals surface area contributed by atoms with Crippen LogP contribution in [0.5, 0.6) is 0 Å². The van der Waals surface area contributed by atoms with Crippen molar-refractivity contribution in [3.63, 3.8) is 0 Å². The molecule has 1 fully saturated rings. The van der Waals surface area contributed by atoms with Gasteiger partial charge in [-0.05, 0) is 12.1 Å². The molecule has 1 aromatic rings. The van der Waals surface area contributed by atoms with Gasteiger partial charge in [0.2, 0.25) is 5.91 Å². The van der Waals surface area contributed by atoms with Gasteiger partial charge in [0, 0.05) is 23.6 Å². The Labute approximate surface area is 113 Å². The molecule has 1 atom stereocenters. The van der Waals surface area contributed by atoms with E-state index in [1.807, 2.05) is 0 Å². The van der Waals surface area contributed by atoms with E-state index in [4.69, 9.17) is 11.6 Å². The van der Waals surface area contributed by atoms with Crippen molar-refractivity contribution < 1.29 is 18.0 Å². The number of halogens is 4. The van der Waals surface area contributed by atoms with Crippen LogP contribution in [0.3, 0.4) is 0 Å². The molecule has 104 valence electrons. The molecular weight excluding hydrogens is 281 g/mol. The van der Waals surface area contributed by atoms with E-state index in [0.717, 1.165) is 0 Å². The second-order valence-corrected chi connectivity index (χ2v) is 4.82. The molecule has 1 aliphatic heterocycles. The molecule has 0 radical (unpaired) electrons. The van der Waals surface area contributed by atoms with Gasteiger partial charge in [-0.15, -0.1) is 0 Å². The Kier molecular flexibility index (Phi) is 4.01. The molecule has 1 aliphatic rings. The van der Waals surface area contributed by atoms with Gasteiger partial charge in [-0.25, -0.2) is 13.2 Å². The van der Waals surface area contributed by atoms with Crippen molar-refractivity contribution in [3.05, 3.63) is 34.6 Å². The fourth-order valence-electron chi connectivity index (χ4n) is 1.90. The molecule has 0 aromatic heterocycles. The summed E-state index contributed by atoms with van der Waals surface area (Å²) in [6, 6.07) is 3.20. The third kappa shape index (κ3) is 3.39. The highest BCUT2D eigenvalue weighted by molar-refractivity contribution is 6.31. The molecule has 0 saturated carbocycles. The molecule has 0 aliphatic carbocycles. The van der Waals surface area contributed by atoms with Crippen LogP contribution in [0.25, 0.3) is 0 Å². The first-order valence-corrected chi connectivity index (χ1v) is 6.09. The summed E-state index contributed by atoms with van der Waals surface area (Å²) < 4.78 is 39.3. The van der Waals surface area contributed by atoms with E-state index >= 15 is 0 Å². The average Bonchev–Trinajstić information content (AvgIpc) is 2.69. The topological polar surface area (TPSA) is 41.1 Å². The lowest BCUT2D eigenvalue weighted by atomic mass is 10.1. The number of carbonyl (C=O) groups excluding carboxylic acids is 1. The van der Waals surface area contributed by atoms with E-state index in [-0.39, 0.29) is 17.1 Å². The van der Waals surface area contributed by atoms with Gasteiger partial charge in [0.25, 0.3) is 5.92 Å². The third-order valence-electron chi connectivity index (χ3n) is 2.93. The van der Waals surface area contributed by atoms with E-state index in [0.29, 0.717) is 0 Å². The number of carbonyl (C=O) groups is 1. The number of alkyl halides is 2. The van der Waals surface area contributed by atoms with E-state index in [9.17, 15) is 18.0 Å². The largest absolute Gasteiger partial charge is 0.350 e. The predicted molar refractivity (Wildman–Crippen MR) is 64.6 cm³/mol. The number of benzene rings is 1. The van der Waals surface area contributed by atoms with Crippen molar-refractivity contribution in [2.45, 2.75) is 24.9 Å². The Morgan fingerprint density at radius 3 is 2.84 bits per heavy atom. The minimum Gasteiger partial charge on any atom is -0.350 e. The first-order valence-electron chi connectivity index (χ1n) is 5.71. The van der Waals surface area contributed by atoms with Crippen LogP contribution in [0.15, 0.2) is 18.2 Å². The van der Waals surface area contributed by atoms with E-state index < -0.39 is 36.7 Å². The van der Waals surface area contributed by atoms with Gasteiger partial charge in [0.05, 0.1) is 12.6 Å². The summed E-state index contributed by atoms with van der Waals surface area (Å²) in [7, 11) is 0. The Bertz CT molecular complexity index is 476. The molecule has 1 saturated heterocycles. The Morgan fingerprint density at radius 2 is 2.26 bits per heavy atom. The maximum Gasteiger partial charge on any atom is 0.262 e. The van der Waals surface area contributed by atoms with Crippen molar-refractivity contribution in [1.82, 2.24) is 10.6 Å². The first-order chi connectivity index (χ1) is 8.89. The zero-order chi connectivity index (χ0) is 14.0. The highest BCUT2D eigenvalue weighted by Crippen LogP contribution is 2.25. The highest BCUT2D eigenvalue weighted by Gasteiger charge is 2.42. The maximum atomic E-state index is 13.4. The summed E-state index contributed by atoms with van der Waals surface area (Å²) in [6.07, 6.45) is -0.552. The van der Waals surface area contributed by atoms with Crippen molar-refractivity contribution in [2.75, 3.05) is 6.54 Å². The minimum atomic E-state index is -2.88. The SMILES string of the molecule is O=C(NCc1c(F)cccc1Cl)C1CC(F)(F)CN1. The molecule has 2 rings (SSSR count). The summed E-state index contributed by atoms with van der Waals surface area (Å²) in [5.41, 5.74) is 0.141. The molecule has 0 bridgehead atoms. The van der Waals surface area contributed by atoms with Gasteiger partial charge < -0.3 is 5.32 Å². The number of amides is 1. The lowest BCUT2D eigenvalue weighted by molar-refractivity contribution is -0.123. The molecule has 0 spiro atoms. The number of nitrogens with one attached hydrogen (secondary N) is 2. The zero-order valence-corrected chi connectivity index (χ0v) is 10.6. The Balaban J connectivity index is 1.94. The monoisotopic (exact) mass is 292 g/mol. The van der Waals surface area contributed by atoms with E-state index in [1.165, 1.54) is 18.2 Å². The van der Waals surface area contributed by atoms with Crippen molar-refractivity contribution in [2.24, 2.45) is 0 Å². The maximum absolute atomic E-state index is 13.4. The Morgan fingerprint density at radius 1 is 1.53 bits per heavy atom. The predicted octanol–water partition coefficient (Wildman–Crippen LogP) is 2.09. The van der Waals surface area contributed by atoms with Crippen molar-refractivity contribution >= 4 is 17.5 Å². The van der Waals surface area contributed by atoms with Gasteiger partial charge >= 0.3 is 0 Å². The minimum absolute atomic E-state index is 0.131. The highest BCUT2D eigenvalue weighted by atomic mass is 35.5. The number of hydrogen-bond donors (Lipinski definition) is 2. The van der Waals surface area contributed by atoms with Crippen LogP contribution in [-0.2, 0) is 11.3 Å². The van der Waals surface area contributed by atoms with Crippen LogP contribution in [0.2, 0.25) is 5.02 Å². The first kappa shape index (κ1) is 14.1. The van der Waals surface area contributed by atoms with Gasteiger partial charge in [0.15, 0.2) is 0 Å². The van der Waals surface area contributed by atoms with Crippen LogP contribution in [0.1, 0.15) is 12.0 Å². The normalized spacial score (nSPS) is 21.4. The van der Waals surface area contributed by atoms with Crippen molar-refractivity contribution in [3.8, 4) is 0 Å². The number of hydrogen-bond acceptors (Lipinski definition) is 2. The quantitative estimate of drug-likeness (QED) is 0.896. The summed E-state index contributed by atoms with van der Waals surface area (Å²) in [5.74, 6) is -4.01. The fraction of sp³-hybridized carbons (Fsp3) is 0.417. The summed E-state index contributed by atoms with van der Waals surface area (Å²) in [4.78, 5) is 11.7. The smallest absolute Gasteiger partial charge is 0.262 e. The lowest BCUT2D eigenvalue weighted by Crippen LogP contribution is -2.40. The van der Waals surface area contributed by atoms with Crippen LogP contribution in [0, 0.1) is 5.82 Å². The van der Waals surface area contributed by atoms with Gasteiger partial charge in [-0.1, -0.05) is 17.7 Å². The third-order valence-corrected chi connectivity index (χ3v) is 3.28. The van der Waals surface area contributed by atoms with Crippen molar-refractivity contribution in [1.29, 1.82) is 0 Å². The summed E-state index contributed by atoms with van der Waals surface area (Å²) >= 11 is 5.79. The van der Waals surface area contributed by atoms with Crippen LogP contribution >= 0.6 is 11.6 Å². The molecule has 2 N–H and O–H groups in total. The second kappa shape index (κ2) is 5.38. The Hall–Kier alpha value is -1.27. The molecule has 19 heavy (non-hydrogen) atoms. The molecule has 1 amide bonds. The van der Waals surface area contributed by atoms with Crippen LogP contribution < -0.4 is 10.6 Å². The zero-order valence-electron chi connectivity index (χ0n) is 9.85. The molecule has 1 unspecified atom stereocenters. The number of rotatable bonds is 3. The van der Waals surface area contributed by atoms with Crippen LogP contribution in [-0.4, -0.2) is 24.4 Å². The molecule has 3 nitrogen and oxygen atoms in total. The molecular formula is C12H12ClF3N2O. The second-order valence-electron chi connectivity index (χ2n) is 4.41. The lowest BCUT2D eigenvalue weighted by Gasteiger charge is -2.12. The van der Waals surface area contributed by atoms with E-state index in [1.54, 1.807) is 0 Å². The van der Waals surface area contributed by atoms with Gasteiger partial charge in [0.1, 0.15) is 5.82 Å². The van der Waals surface area contributed by atoms with Crippen LogP contribution in [0.4, 0.5) is 13.2 Å². The summed E-state index contributed by atoms with van der Waals surface area (Å²) in [6.45, 7) is -0.653. The standard InChI is InChI=1S/C12H12ClF3N2O/c13-8-2-1-3-9(14)7(8)5-17-11(19)10-4-12(15,16)6-18-10/h1-3,10,18H,4-6H2,(H,17,19). The molecule has 1 aromatic carbocycles. The fourth-order valence-corrected chi connectivity index (χ4v) is 2.13. The molecule has 1 heterocycles. The van der Waals surface area contributed by atoms with Gasteiger partial charge in [-0.2, -0.15) is 0 Å².